The Morgan fingerprint density at radius 2 is 1.82 bits per heavy atom. The zero-order valence-electron chi connectivity index (χ0n) is 17.4. The van der Waals surface area contributed by atoms with Crippen LogP contribution in [0.15, 0.2) is 78.0 Å². The van der Waals surface area contributed by atoms with E-state index < -0.39 is 4.92 Å². The van der Waals surface area contributed by atoms with Gasteiger partial charge in [-0.2, -0.15) is 0 Å². The molecule has 1 amide bonds. The minimum atomic E-state index is -0.546. The maximum atomic E-state index is 12.5. The van der Waals surface area contributed by atoms with Crippen LogP contribution in [0.1, 0.15) is 5.56 Å². The number of aromatic nitrogens is 3. The van der Waals surface area contributed by atoms with E-state index in [9.17, 15) is 14.9 Å². The van der Waals surface area contributed by atoms with Gasteiger partial charge in [0.2, 0.25) is 5.91 Å². The topological polar surface area (TPSA) is 103 Å². The molecule has 0 aliphatic heterocycles. The molecule has 33 heavy (non-hydrogen) atoms. The number of anilines is 1. The molecule has 0 aliphatic rings. The van der Waals surface area contributed by atoms with E-state index >= 15 is 0 Å². The van der Waals surface area contributed by atoms with Crippen LogP contribution in [0.4, 0.5) is 11.4 Å². The lowest BCUT2D eigenvalue weighted by molar-refractivity contribution is -0.384. The van der Waals surface area contributed by atoms with Crippen molar-refractivity contribution < 1.29 is 9.72 Å². The van der Waals surface area contributed by atoms with Gasteiger partial charge in [0.1, 0.15) is 0 Å². The number of nitro benzene ring substituents is 1. The number of benzene rings is 3. The summed E-state index contributed by atoms with van der Waals surface area (Å²) >= 11 is 7.30. The molecule has 4 rings (SSSR count). The molecular formula is C23H18ClN5O3S. The van der Waals surface area contributed by atoms with Gasteiger partial charge in [0.15, 0.2) is 11.0 Å². The quantitative estimate of drug-likeness (QED) is 0.212. The molecule has 1 N–H and O–H groups in total. The summed E-state index contributed by atoms with van der Waals surface area (Å²) in [6, 6.07) is 21.5. The van der Waals surface area contributed by atoms with Crippen LogP contribution in [0.5, 0.6) is 0 Å². The van der Waals surface area contributed by atoms with Gasteiger partial charge in [-0.3, -0.25) is 19.5 Å². The van der Waals surface area contributed by atoms with Gasteiger partial charge in [0, 0.05) is 23.4 Å². The zero-order chi connectivity index (χ0) is 23.4. The second kappa shape index (κ2) is 9.85. The molecule has 0 unspecified atom stereocenters. The van der Waals surface area contributed by atoms with Crippen molar-refractivity contribution in [2.45, 2.75) is 12.1 Å². The van der Waals surface area contributed by atoms with Gasteiger partial charge >= 0.3 is 0 Å². The van der Waals surface area contributed by atoms with Crippen molar-refractivity contribution in [1.29, 1.82) is 0 Å². The van der Waals surface area contributed by atoms with E-state index in [2.05, 4.69) is 15.5 Å². The van der Waals surface area contributed by atoms with Crippen LogP contribution < -0.4 is 5.32 Å². The Bertz CT molecular complexity index is 1310. The van der Waals surface area contributed by atoms with Gasteiger partial charge in [-0.1, -0.05) is 71.4 Å². The number of hydrogen-bond donors (Lipinski definition) is 1. The normalized spacial score (nSPS) is 10.7. The molecule has 0 fully saturated rings. The van der Waals surface area contributed by atoms with Gasteiger partial charge < -0.3 is 5.32 Å². The number of halogens is 1. The Morgan fingerprint density at radius 1 is 1.09 bits per heavy atom. The molecule has 0 saturated carbocycles. The van der Waals surface area contributed by atoms with E-state index in [0.29, 0.717) is 16.7 Å². The number of hydrogen-bond acceptors (Lipinski definition) is 6. The Morgan fingerprint density at radius 3 is 2.48 bits per heavy atom. The van der Waals surface area contributed by atoms with Crippen molar-refractivity contribution >= 4 is 40.6 Å². The van der Waals surface area contributed by atoms with Crippen molar-refractivity contribution in [3.05, 3.63) is 93.5 Å². The summed E-state index contributed by atoms with van der Waals surface area (Å²) in [5.74, 6) is 0.391. The van der Waals surface area contributed by atoms with Crippen LogP contribution in [-0.4, -0.2) is 31.3 Å². The average Bonchev–Trinajstić information content (AvgIpc) is 3.24. The third kappa shape index (κ3) is 5.21. The van der Waals surface area contributed by atoms with Gasteiger partial charge in [0.25, 0.3) is 5.69 Å². The molecule has 4 aromatic rings. The van der Waals surface area contributed by atoms with E-state index in [1.54, 1.807) is 0 Å². The highest BCUT2D eigenvalue weighted by Gasteiger charge is 2.18. The largest absolute Gasteiger partial charge is 0.324 e. The average molecular weight is 480 g/mol. The van der Waals surface area contributed by atoms with Gasteiger partial charge in [0.05, 0.1) is 21.4 Å². The molecule has 1 heterocycles. The van der Waals surface area contributed by atoms with Crippen molar-refractivity contribution in [2.24, 2.45) is 0 Å². The van der Waals surface area contributed by atoms with E-state index in [4.69, 9.17) is 11.6 Å². The fourth-order valence-electron chi connectivity index (χ4n) is 3.10. The molecule has 10 heteroatoms. The summed E-state index contributed by atoms with van der Waals surface area (Å²) in [4.78, 5) is 22.9. The lowest BCUT2D eigenvalue weighted by atomic mass is 10.2. The summed E-state index contributed by atoms with van der Waals surface area (Å²) in [7, 11) is 0. The Kier molecular flexibility index (Phi) is 6.71. The maximum Gasteiger partial charge on any atom is 0.271 e. The Hall–Kier alpha value is -3.69. The number of non-ortho nitro benzene ring substituents is 1. The smallest absolute Gasteiger partial charge is 0.271 e. The first-order valence-electron chi connectivity index (χ1n) is 9.87. The highest BCUT2D eigenvalue weighted by Crippen LogP contribution is 2.29. The number of nitro groups is 1. The Balaban J connectivity index is 1.56. The molecule has 0 atom stereocenters. The van der Waals surface area contributed by atoms with Crippen LogP contribution in [0.2, 0.25) is 5.02 Å². The number of nitrogens with zero attached hydrogens (tertiary/aromatic N) is 4. The first-order valence-corrected chi connectivity index (χ1v) is 11.2. The third-order valence-corrected chi connectivity index (χ3v) is 5.97. The Labute approximate surface area is 198 Å². The van der Waals surface area contributed by atoms with Crippen molar-refractivity contribution in [3.8, 4) is 17.1 Å². The SMILES string of the molecule is Cc1ccc(-n2c(SCC(=O)Nc3ccc([N+](=O)[O-])cc3Cl)nnc2-c2ccccc2)cc1. The maximum absolute atomic E-state index is 12.5. The standard InChI is InChI=1S/C23H18ClN5O3S/c1-15-7-9-17(10-8-15)28-22(16-5-3-2-4-6-16)26-27-23(28)33-14-21(30)25-20-12-11-18(29(31)32)13-19(20)24/h2-13H,14H2,1H3,(H,25,30). The summed E-state index contributed by atoms with van der Waals surface area (Å²) in [5.41, 5.74) is 3.07. The van der Waals surface area contributed by atoms with Crippen LogP contribution in [0.25, 0.3) is 17.1 Å². The molecule has 3 aromatic carbocycles. The van der Waals surface area contributed by atoms with E-state index in [1.807, 2.05) is 66.1 Å². The third-order valence-electron chi connectivity index (χ3n) is 4.73. The number of thioether (sulfide) groups is 1. The lowest BCUT2D eigenvalue weighted by Crippen LogP contribution is -2.15. The summed E-state index contributed by atoms with van der Waals surface area (Å²) < 4.78 is 1.91. The number of nitrogens with one attached hydrogen (secondary N) is 1. The molecule has 166 valence electrons. The predicted octanol–water partition coefficient (Wildman–Crippen LogP) is 5.54. The lowest BCUT2D eigenvalue weighted by Gasteiger charge is -2.11. The number of carbonyl (C=O) groups is 1. The molecule has 8 nitrogen and oxygen atoms in total. The fourth-order valence-corrected chi connectivity index (χ4v) is 4.07. The van der Waals surface area contributed by atoms with Crippen LogP contribution in [-0.2, 0) is 4.79 Å². The number of rotatable bonds is 7. The van der Waals surface area contributed by atoms with E-state index in [0.717, 1.165) is 16.8 Å². The fraction of sp³-hybridized carbons (Fsp3) is 0.0870. The first kappa shape index (κ1) is 22.5. The summed E-state index contributed by atoms with van der Waals surface area (Å²) in [6.45, 7) is 2.01. The number of amides is 1. The van der Waals surface area contributed by atoms with E-state index in [1.165, 1.54) is 30.0 Å². The summed E-state index contributed by atoms with van der Waals surface area (Å²) in [6.07, 6.45) is 0. The molecule has 1 aromatic heterocycles. The molecule has 0 bridgehead atoms. The molecule has 0 aliphatic carbocycles. The van der Waals surface area contributed by atoms with E-state index in [-0.39, 0.29) is 22.4 Å². The molecular weight excluding hydrogens is 462 g/mol. The van der Waals surface area contributed by atoms with Crippen LogP contribution in [0.3, 0.4) is 0 Å². The van der Waals surface area contributed by atoms with Gasteiger partial charge in [-0.05, 0) is 25.1 Å². The monoisotopic (exact) mass is 479 g/mol. The molecule has 0 spiro atoms. The van der Waals surface area contributed by atoms with Crippen LogP contribution >= 0.6 is 23.4 Å². The minimum Gasteiger partial charge on any atom is -0.324 e. The van der Waals surface area contributed by atoms with Crippen molar-refractivity contribution in [1.82, 2.24) is 14.8 Å². The predicted molar refractivity (Wildman–Crippen MR) is 129 cm³/mol. The minimum absolute atomic E-state index is 0.0477. The second-order valence-electron chi connectivity index (χ2n) is 7.10. The molecule has 0 radical (unpaired) electrons. The highest BCUT2D eigenvalue weighted by molar-refractivity contribution is 7.99. The highest BCUT2D eigenvalue weighted by atomic mass is 35.5. The summed E-state index contributed by atoms with van der Waals surface area (Å²) in [5, 5.41) is 22.9. The van der Waals surface area contributed by atoms with Gasteiger partial charge in [-0.25, -0.2) is 0 Å². The van der Waals surface area contributed by atoms with Crippen molar-refractivity contribution in [3.63, 3.8) is 0 Å². The van der Waals surface area contributed by atoms with Crippen LogP contribution in [0, 0.1) is 17.0 Å². The number of aryl methyl sites for hydroxylation is 1. The zero-order valence-corrected chi connectivity index (χ0v) is 19.0. The number of carbonyl (C=O) groups excluding carboxylic acids is 1. The molecule has 0 saturated heterocycles. The first-order chi connectivity index (χ1) is 15.9. The second-order valence-corrected chi connectivity index (χ2v) is 8.45. The van der Waals surface area contributed by atoms with Crippen molar-refractivity contribution in [2.75, 3.05) is 11.1 Å². The van der Waals surface area contributed by atoms with Gasteiger partial charge in [-0.15, -0.1) is 10.2 Å².